The fourth-order valence-electron chi connectivity index (χ4n) is 3.18. The second-order valence-corrected chi connectivity index (χ2v) is 8.60. The van der Waals surface area contributed by atoms with E-state index in [9.17, 15) is 9.59 Å². The number of thioether (sulfide) groups is 1. The van der Waals surface area contributed by atoms with Crippen molar-refractivity contribution in [2.24, 2.45) is 0 Å². The van der Waals surface area contributed by atoms with E-state index in [0.717, 1.165) is 38.9 Å². The third-order valence-corrected chi connectivity index (χ3v) is 6.24. The van der Waals surface area contributed by atoms with E-state index in [1.54, 1.807) is 4.57 Å². The molecule has 1 aromatic carbocycles. The highest BCUT2D eigenvalue weighted by Gasteiger charge is 2.27. The predicted octanol–water partition coefficient (Wildman–Crippen LogP) is 2.89. The molecule has 1 aliphatic rings. The number of hydrogen-bond donors (Lipinski definition) is 1. The van der Waals surface area contributed by atoms with Gasteiger partial charge in [-0.1, -0.05) is 37.7 Å². The molecule has 1 saturated carbocycles. The largest absolute Gasteiger partial charge is 0.352 e. The first-order chi connectivity index (χ1) is 13.5. The molecule has 1 amide bonds. The van der Waals surface area contributed by atoms with Crippen LogP contribution in [0.1, 0.15) is 40.0 Å². The molecule has 1 aromatic heterocycles. The molecule has 152 valence electrons. The van der Waals surface area contributed by atoms with Crippen LogP contribution in [-0.4, -0.2) is 51.3 Å². The third kappa shape index (κ3) is 5.14. The molecule has 1 heterocycles. The van der Waals surface area contributed by atoms with Crippen molar-refractivity contribution in [2.45, 2.75) is 63.0 Å². The number of benzene rings is 1. The molecule has 28 heavy (non-hydrogen) atoms. The number of hydrogen-bond acceptors (Lipinski definition) is 5. The lowest BCUT2D eigenvalue weighted by molar-refractivity contribution is -0.120. The molecule has 0 spiro atoms. The van der Waals surface area contributed by atoms with E-state index < -0.39 is 0 Å². The van der Waals surface area contributed by atoms with Gasteiger partial charge in [0.2, 0.25) is 5.91 Å². The zero-order chi connectivity index (χ0) is 20.1. The fourth-order valence-corrected chi connectivity index (χ4v) is 4.13. The second kappa shape index (κ2) is 9.56. The van der Waals surface area contributed by atoms with E-state index in [4.69, 9.17) is 4.98 Å². The Hall–Kier alpha value is -1.86. The Morgan fingerprint density at radius 3 is 2.71 bits per heavy atom. The van der Waals surface area contributed by atoms with Crippen molar-refractivity contribution in [3.05, 3.63) is 34.6 Å². The van der Waals surface area contributed by atoms with Gasteiger partial charge in [0.15, 0.2) is 5.16 Å². The Balaban J connectivity index is 1.83. The maximum Gasteiger partial charge on any atom is 0.262 e. The van der Waals surface area contributed by atoms with Gasteiger partial charge in [-0.2, -0.15) is 0 Å². The lowest BCUT2D eigenvalue weighted by atomic mass is 10.2. The predicted molar refractivity (Wildman–Crippen MR) is 115 cm³/mol. The van der Waals surface area contributed by atoms with Gasteiger partial charge in [0.05, 0.1) is 16.2 Å². The average Bonchev–Trinajstić information content (AvgIpc) is 3.51. The summed E-state index contributed by atoms with van der Waals surface area (Å²) in [4.78, 5) is 32.6. The number of nitrogens with zero attached hydrogens (tertiary/aromatic N) is 3. The van der Waals surface area contributed by atoms with Crippen molar-refractivity contribution in [1.82, 2.24) is 19.8 Å². The molecule has 6 nitrogen and oxygen atoms in total. The molecule has 1 fully saturated rings. The van der Waals surface area contributed by atoms with E-state index >= 15 is 0 Å². The van der Waals surface area contributed by atoms with Gasteiger partial charge in [-0.3, -0.25) is 14.2 Å². The van der Waals surface area contributed by atoms with Crippen LogP contribution in [0.3, 0.4) is 0 Å². The zero-order valence-corrected chi connectivity index (χ0v) is 17.8. The topological polar surface area (TPSA) is 67.2 Å². The minimum Gasteiger partial charge on any atom is -0.352 e. The number of carbonyl (C=O) groups is 1. The van der Waals surface area contributed by atoms with Crippen molar-refractivity contribution in [3.63, 3.8) is 0 Å². The first-order valence-electron chi connectivity index (χ1n) is 10.2. The van der Waals surface area contributed by atoms with Gasteiger partial charge >= 0.3 is 0 Å². The minimum atomic E-state index is -0.289. The van der Waals surface area contributed by atoms with Crippen LogP contribution in [0.4, 0.5) is 0 Å². The van der Waals surface area contributed by atoms with Gasteiger partial charge in [-0.05, 0) is 58.0 Å². The van der Waals surface area contributed by atoms with Crippen LogP contribution in [-0.2, 0) is 11.3 Å². The number of nitrogens with one attached hydrogen (secondary N) is 1. The maximum absolute atomic E-state index is 13.1. The summed E-state index contributed by atoms with van der Waals surface area (Å²) in [5.41, 5.74) is 0.659. The summed E-state index contributed by atoms with van der Waals surface area (Å²) in [6.45, 7) is 9.72. The van der Waals surface area contributed by atoms with E-state index in [2.05, 4.69) is 24.1 Å². The Labute approximate surface area is 170 Å². The first kappa shape index (κ1) is 20.9. The fraction of sp³-hybridized carbons (Fsp3) is 0.571. The highest BCUT2D eigenvalue weighted by molar-refractivity contribution is 8.00. The van der Waals surface area contributed by atoms with E-state index in [-0.39, 0.29) is 16.7 Å². The summed E-state index contributed by atoms with van der Waals surface area (Å²) in [6, 6.07) is 7.76. The van der Waals surface area contributed by atoms with Crippen LogP contribution in [0.15, 0.2) is 34.2 Å². The van der Waals surface area contributed by atoms with E-state index in [1.807, 2.05) is 31.2 Å². The quantitative estimate of drug-likeness (QED) is 0.489. The molecule has 1 atom stereocenters. The van der Waals surface area contributed by atoms with Gasteiger partial charge < -0.3 is 10.2 Å². The molecule has 0 radical (unpaired) electrons. The molecular weight excluding hydrogens is 372 g/mol. The molecule has 7 heteroatoms. The number of amides is 1. The molecule has 1 N–H and O–H groups in total. The SMILES string of the molecule is CCN(CC)CCCn1c(S[C@@H](C)C(=O)NC2CC2)nc2ccccc2c1=O. The normalized spacial score (nSPS) is 15.1. The third-order valence-electron chi connectivity index (χ3n) is 5.15. The highest BCUT2D eigenvalue weighted by Crippen LogP contribution is 2.25. The van der Waals surface area contributed by atoms with Crippen LogP contribution in [0.25, 0.3) is 10.9 Å². The monoisotopic (exact) mass is 402 g/mol. The van der Waals surface area contributed by atoms with E-state index in [1.165, 1.54) is 11.8 Å². The summed E-state index contributed by atoms with van der Waals surface area (Å²) in [5, 5.41) is 4.00. The standard InChI is InChI=1S/C21H30N4O2S/c1-4-24(5-2)13-8-14-25-20(27)17-9-6-7-10-18(17)23-21(25)28-15(3)19(26)22-16-11-12-16/h6-7,9-10,15-16H,4-5,8,11-14H2,1-3H3,(H,22,26)/t15-/m0/s1. The van der Waals surface area contributed by atoms with Crippen LogP contribution < -0.4 is 10.9 Å². The minimum absolute atomic E-state index is 0.0181. The van der Waals surface area contributed by atoms with E-state index in [0.29, 0.717) is 28.6 Å². The number of carbonyl (C=O) groups excluding carboxylic acids is 1. The number of para-hydroxylation sites is 1. The van der Waals surface area contributed by atoms with Gasteiger partial charge in [-0.25, -0.2) is 4.98 Å². The average molecular weight is 403 g/mol. The molecule has 0 bridgehead atoms. The van der Waals surface area contributed by atoms with Crippen molar-refractivity contribution in [1.29, 1.82) is 0 Å². The molecule has 2 aromatic rings. The Morgan fingerprint density at radius 2 is 2.04 bits per heavy atom. The maximum atomic E-state index is 13.1. The van der Waals surface area contributed by atoms with Crippen molar-refractivity contribution >= 4 is 28.6 Å². The Bertz CT molecular complexity index is 874. The van der Waals surface area contributed by atoms with Crippen LogP contribution in [0, 0.1) is 0 Å². The number of aromatic nitrogens is 2. The summed E-state index contributed by atoms with van der Waals surface area (Å²) < 4.78 is 1.75. The number of rotatable bonds is 10. The Morgan fingerprint density at radius 1 is 1.32 bits per heavy atom. The van der Waals surface area contributed by atoms with Gasteiger partial charge in [0.1, 0.15) is 0 Å². The molecule has 0 aliphatic heterocycles. The van der Waals surface area contributed by atoms with Crippen LogP contribution >= 0.6 is 11.8 Å². The van der Waals surface area contributed by atoms with Gasteiger partial charge in [0, 0.05) is 12.6 Å². The highest BCUT2D eigenvalue weighted by atomic mass is 32.2. The lowest BCUT2D eigenvalue weighted by Gasteiger charge is -2.19. The molecule has 0 saturated heterocycles. The van der Waals surface area contributed by atoms with Crippen LogP contribution in [0.2, 0.25) is 0 Å². The van der Waals surface area contributed by atoms with Crippen LogP contribution in [0.5, 0.6) is 0 Å². The smallest absolute Gasteiger partial charge is 0.262 e. The Kier molecular flexibility index (Phi) is 7.13. The zero-order valence-electron chi connectivity index (χ0n) is 17.0. The van der Waals surface area contributed by atoms with Crippen molar-refractivity contribution < 1.29 is 4.79 Å². The second-order valence-electron chi connectivity index (χ2n) is 7.29. The first-order valence-corrected chi connectivity index (χ1v) is 11.1. The van der Waals surface area contributed by atoms with Gasteiger partial charge in [-0.15, -0.1) is 0 Å². The number of fused-ring (bicyclic) bond motifs is 1. The molecule has 1 aliphatic carbocycles. The van der Waals surface area contributed by atoms with Crippen molar-refractivity contribution in [2.75, 3.05) is 19.6 Å². The van der Waals surface area contributed by atoms with Crippen molar-refractivity contribution in [3.8, 4) is 0 Å². The summed E-state index contributed by atoms with van der Waals surface area (Å²) >= 11 is 1.37. The molecule has 0 unspecified atom stereocenters. The summed E-state index contributed by atoms with van der Waals surface area (Å²) in [5.74, 6) is 0.0181. The molecular formula is C21H30N4O2S. The lowest BCUT2D eigenvalue weighted by Crippen LogP contribution is -2.33. The summed E-state index contributed by atoms with van der Waals surface area (Å²) in [7, 11) is 0. The van der Waals surface area contributed by atoms with Gasteiger partial charge in [0.25, 0.3) is 5.56 Å². The summed E-state index contributed by atoms with van der Waals surface area (Å²) in [6.07, 6.45) is 3.00. The molecule has 3 rings (SSSR count).